The van der Waals surface area contributed by atoms with Crippen LogP contribution in [0.4, 0.5) is 0 Å². The first-order chi connectivity index (χ1) is 10.8. The van der Waals surface area contributed by atoms with Gasteiger partial charge in [0.15, 0.2) is 0 Å². The van der Waals surface area contributed by atoms with E-state index in [4.69, 9.17) is 5.73 Å². The first-order valence-corrected chi connectivity index (χ1v) is 7.52. The lowest BCUT2D eigenvalue weighted by molar-refractivity contribution is 0.751. The third-order valence-electron chi connectivity index (χ3n) is 3.81. The van der Waals surface area contributed by atoms with Crippen molar-refractivity contribution in [3.05, 3.63) is 77.1 Å². The molecule has 4 nitrogen and oxygen atoms in total. The molecule has 3 rings (SSSR count). The van der Waals surface area contributed by atoms with Gasteiger partial charge in [0.2, 0.25) is 0 Å². The lowest BCUT2D eigenvalue weighted by Gasteiger charge is -2.08. The van der Waals surface area contributed by atoms with Gasteiger partial charge in [-0.3, -0.25) is 0 Å². The van der Waals surface area contributed by atoms with Crippen LogP contribution in [0.15, 0.2) is 54.6 Å². The first kappa shape index (κ1) is 14.5. The Hall–Kier alpha value is -2.46. The van der Waals surface area contributed by atoms with Crippen LogP contribution in [0.1, 0.15) is 22.5 Å². The second-order valence-corrected chi connectivity index (χ2v) is 5.42. The van der Waals surface area contributed by atoms with Crippen LogP contribution in [0.3, 0.4) is 0 Å². The van der Waals surface area contributed by atoms with E-state index >= 15 is 0 Å². The molecule has 0 radical (unpaired) electrons. The van der Waals surface area contributed by atoms with E-state index < -0.39 is 0 Å². The quantitative estimate of drug-likeness (QED) is 0.786. The zero-order valence-corrected chi connectivity index (χ0v) is 12.7. The standard InChI is InChI=1S/C18H20N4/c1-14-7-10-16(11-8-14)22-18(17(13-19)20-21-22)12-9-15-5-3-2-4-6-15/h2-8,10-11H,9,12-13,19H2,1H3. The van der Waals surface area contributed by atoms with E-state index in [9.17, 15) is 0 Å². The Kier molecular flexibility index (Phi) is 4.30. The van der Waals surface area contributed by atoms with E-state index in [0.29, 0.717) is 6.54 Å². The molecule has 1 heterocycles. The van der Waals surface area contributed by atoms with Crippen LogP contribution >= 0.6 is 0 Å². The highest BCUT2D eigenvalue weighted by Gasteiger charge is 2.13. The fourth-order valence-corrected chi connectivity index (χ4v) is 2.54. The van der Waals surface area contributed by atoms with Crippen molar-refractivity contribution in [1.82, 2.24) is 15.0 Å². The minimum Gasteiger partial charge on any atom is -0.325 e. The summed E-state index contributed by atoms with van der Waals surface area (Å²) in [5.74, 6) is 0. The van der Waals surface area contributed by atoms with Crippen molar-refractivity contribution < 1.29 is 0 Å². The molecule has 0 aliphatic carbocycles. The summed E-state index contributed by atoms with van der Waals surface area (Å²) < 4.78 is 1.91. The summed E-state index contributed by atoms with van der Waals surface area (Å²) in [6, 6.07) is 18.7. The molecule has 0 atom stereocenters. The maximum atomic E-state index is 5.82. The Morgan fingerprint density at radius 2 is 1.68 bits per heavy atom. The monoisotopic (exact) mass is 292 g/mol. The van der Waals surface area contributed by atoms with Crippen molar-refractivity contribution in [2.45, 2.75) is 26.3 Å². The molecule has 0 bridgehead atoms. The molecule has 0 amide bonds. The molecule has 112 valence electrons. The third-order valence-corrected chi connectivity index (χ3v) is 3.81. The summed E-state index contributed by atoms with van der Waals surface area (Å²) >= 11 is 0. The molecule has 0 spiro atoms. The van der Waals surface area contributed by atoms with Gasteiger partial charge < -0.3 is 5.73 Å². The molecule has 0 unspecified atom stereocenters. The van der Waals surface area contributed by atoms with Crippen LogP contribution < -0.4 is 5.73 Å². The lowest BCUT2D eigenvalue weighted by Crippen LogP contribution is -2.07. The number of rotatable bonds is 5. The molecule has 0 fully saturated rings. The SMILES string of the molecule is Cc1ccc(-n2nnc(CN)c2CCc2ccccc2)cc1. The van der Waals surface area contributed by atoms with E-state index in [1.165, 1.54) is 11.1 Å². The van der Waals surface area contributed by atoms with Crippen LogP contribution in [0.25, 0.3) is 5.69 Å². The Bertz CT molecular complexity index is 730. The summed E-state index contributed by atoms with van der Waals surface area (Å²) in [6.07, 6.45) is 1.82. The van der Waals surface area contributed by atoms with Gasteiger partial charge in [-0.15, -0.1) is 5.10 Å². The van der Waals surface area contributed by atoms with Crippen molar-refractivity contribution in [2.24, 2.45) is 5.73 Å². The summed E-state index contributed by atoms with van der Waals surface area (Å²) in [5, 5.41) is 8.52. The van der Waals surface area contributed by atoms with Gasteiger partial charge in [0, 0.05) is 6.54 Å². The van der Waals surface area contributed by atoms with E-state index in [1.54, 1.807) is 0 Å². The Morgan fingerprint density at radius 3 is 2.36 bits per heavy atom. The zero-order valence-electron chi connectivity index (χ0n) is 12.7. The lowest BCUT2D eigenvalue weighted by atomic mass is 10.1. The normalized spacial score (nSPS) is 10.8. The number of benzene rings is 2. The zero-order chi connectivity index (χ0) is 15.4. The highest BCUT2D eigenvalue weighted by Crippen LogP contribution is 2.16. The number of nitrogens with zero attached hydrogens (tertiary/aromatic N) is 3. The third kappa shape index (κ3) is 3.07. The van der Waals surface area contributed by atoms with E-state index in [1.807, 2.05) is 10.7 Å². The highest BCUT2D eigenvalue weighted by molar-refractivity contribution is 5.36. The minimum absolute atomic E-state index is 0.413. The molecule has 2 N–H and O–H groups in total. The van der Waals surface area contributed by atoms with Crippen LogP contribution in [0.2, 0.25) is 0 Å². The molecule has 2 aromatic carbocycles. The molecule has 3 aromatic rings. The van der Waals surface area contributed by atoms with E-state index in [2.05, 4.69) is 65.8 Å². The van der Waals surface area contributed by atoms with Gasteiger partial charge in [0.25, 0.3) is 0 Å². The van der Waals surface area contributed by atoms with Crippen molar-refractivity contribution >= 4 is 0 Å². The molecule has 0 saturated heterocycles. The molecule has 0 aliphatic rings. The molecule has 22 heavy (non-hydrogen) atoms. The number of hydrogen-bond acceptors (Lipinski definition) is 3. The minimum atomic E-state index is 0.413. The summed E-state index contributed by atoms with van der Waals surface area (Å²) in [5.41, 5.74) is 11.4. The summed E-state index contributed by atoms with van der Waals surface area (Å²) in [6.45, 7) is 2.49. The van der Waals surface area contributed by atoms with Gasteiger partial charge in [0.1, 0.15) is 0 Å². The molecule has 0 saturated carbocycles. The number of aromatic nitrogens is 3. The van der Waals surface area contributed by atoms with E-state index in [-0.39, 0.29) is 0 Å². The second-order valence-electron chi connectivity index (χ2n) is 5.42. The molecule has 4 heteroatoms. The maximum Gasteiger partial charge on any atom is 0.0999 e. The predicted molar refractivity (Wildman–Crippen MR) is 87.8 cm³/mol. The summed E-state index contributed by atoms with van der Waals surface area (Å²) in [7, 11) is 0. The first-order valence-electron chi connectivity index (χ1n) is 7.52. The number of hydrogen-bond donors (Lipinski definition) is 1. The Morgan fingerprint density at radius 1 is 0.955 bits per heavy atom. The van der Waals surface area contributed by atoms with Gasteiger partial charge in [0.05, 0.1) is 17.1 Å². The number of aryl methyl sites for hydroxylation is 2. The average molecular weight is 292 g/mol. The van der Waals surface area contributed by atoms with Crippen molar-refractivity contribution in [2.75, 3.05) is 0 Å². The maximum absolute atomic E-state index is 5.82. The van der Waals surface area contributed by atoms with Gasteiger partial charge >= 0.3 is 0 Å². The molecule has 0 aliphatic heterocycles. The van der Waals surface area contributed by atoms with Crippen molar-refractivity contribution in [3.63, 3.8) is 0 Å². The van der Waals surface area contributed by atoms with Crippen LogP contribution in [0, 0.1) is 6.92 Å². The number of nitrogens with two attached hydrogens (primary N) is 1. The van der Waals surface area contributed by atoms with Crippen LogP contribution in [0.5, 0.6) is 0 Å². The predicted octanol–water partition coefficient (Wildman–Crippen LogP) is 2.82. The molecular weight excluding hydrogens is 272 g/mol. The molecule has 1 aromatic heterocycles. The van der Waals surface area contributed by atoms with Gasteiger partial charge in [-0.05, 0) is 37.5 Å². The molecular formula is C18H20N4. The summed E-state index contributed by atoms with van der Waals surface area (Å²) in [4.78, 5) is 0. The largest absolute Gasteiger partial charge is 0.325 e. The van der Waals surface area contributed by atoms with Gasteiger partial charge in [-0.2, -0.15) is 0 Å². The fourth-order valence-electron chi connectivity index (χ4n) is 2.54. The Labute approximate surface area is 130 Å². The fraction of sp³-hybridized carbons (Fsp3) is 0.222. The average Bonchev–Trinajstić information content (AvgIpc) is 2.97. The van der Waals surface area contributed by atoms with Crippen LogP contribution in [-0.4, -0.2) is 15.0 Å². The van der Waals surface area contributed by atoms with Gasteiger partial charge in [-0.1, -0.05) is 53.2 Å². The topological polar surface area (TPSA) is 56.7 Å². The van der Waals surface area contributed by atoms with Crippen molar-refractivity contribution in [3.8, 4) is 5.69 Å². The highest BCUT2D eigenvalue weighted by atomic mass is 15.4. The van der Waals surface area contributed by atoms with Crippen LogP contribution in [-0.2, 0) is 19.4 Å². The Balaban J connectivity index is 1.88. The smallest absolute Gasteiger partial charge is 0.0999 e. The van der Waals surface area contributed by atoms with E-state index in [0.717, 1.165) is 29.9 Å². The van der Waals surface area contributed by atoms with Gasteiger partial charge in [-0.25, -0.2) is 4.68 Å². The second kappa shape index (κ2) is 6.54. The van der Waals surface area contributed by atoms with Crippen molar-refractivity contribution in [1.29, 1.82) is 0 Å².